The van der Waals surface area contributed by atoms with Gasteiger partial charge >= 0.3 is 0 Å². The lowest BCUT2D eigenvalue weighted by Crippen LogP contribution is -2.28. The highest BCUT2D eigenvalue weighted by Crippen LogP contribution is 2.28. The highest BCUT2D eigenvalue weighted by Gasteiger charge is 2.22. The van der Waals surface area contributed by atoms with Crippen molar-refractivity contribution in [1.29, 1.82) is 0 Å². The molecule has 1 N–H and O–H groups in total. The summed E-state index contributed by atoms with van der Waals surface area (Å²) in [6.07, 6.45) is 0. The number of hydrogen-bond acceptors (Lipinski definition) is 4. The summed E-state index contributed by atoms with van der Waals surface area (Å²) in [5.41, 5.74) is -0.00713. The Morgan fingerprint density at radius 3 is 2.48 bits per heavy atom. The van der Waals surface area contributed by atoms with Gasteiger partial charge in [-0.15, -0.1) is 0 Å². The second-order valence-electron chi connectivity index (χ2n) is 5.89. The Balaban J connectivity index is 2.30. The highest BCUT2D eigenvalue weighted by atomic mass is 19.1. The molecule has 0 atom stereocenters. The van der Waals surface area contributed by atoms with Crippen LogP contribution in [0.25, 0.3) is 11.3 Å². The van der Waals surface area contributed by atoms with Gasteiger partial charge in [-0.2, -0.15) is 5.10 Å². The van der Waals surface area contributed by atoms with Gasteiger partial charge < -0.3 is 5.32 Å². The van der Waals surface area contributed by atoms with Gasteiger partial charge in [0.25, 0.3) is 5.56 Å². The van der Waals surface area contributed by atoms with E-state index in [0.717, 1.165) is 18.2 Å². The Hall–Kier alpha value is -3.35. The van der Waals surface area contributed by atoms with Crippen LogP contribution in [0.5, 0.6) is 0 Å². The van der Waals surface area contributed by atoms with Crippen molar-refractivity contribution in [3.8, 4) is 11.3 Å². The smallest absolute Gasteiger partial charge is 0.291 e. The first-order valence-corrected chi connectivity index (χ1v) is 8.36. The molecule has 2 aromatic carbocycles. The Labute approximate surface area is 154 Å². The molecule has 0 bridgehead atoms. The lowest BCUT2D eigenvalue weighted by molar-refractivity contribution is 0.101. The fourth-order valence-electron chi connectivity index (χ4n) is 2.77. The Bertz CT molecular complexity index is 1060. The molecule has 1 aromatic heterocycles. The Morgan fingerprint density at radius 2 is 1.85 bits per heavy atom. The number of carbonyl (C=O) groups excluding carboxylic acids is 1. The zero-order valence-corrected chi connectivity index (χ0v) is 14.8. The second kappa shape index (κ2) is 7.49. The van der Waals surface area contributed by atoms with Gasteiger partial charge in [-0.05, 0) is 26.0 Å². The van der Waals surface area contributed by atoms with E-state index in [1.54, 1.807) is 31.2 Å². The molecule has 0 fully saturated rings. The standard InChI is InChI=1S/C20H17F2N3O2/c1-3-25-20(27)19(23-16-11-14(21)9-10-15(16)22)17(12(2)26)18(24-25)13-7-5-4-6-8-13/h4-11,23H,3H2,1-2H3. The summed E-state index contributed by atoms with van der Waals surface area (Å²) >= 11 is 0. The number of nitrogens with one attached hydrogen (secondary N) is 1. The van der Waals surface area contributed by atoms with Gasteiger partial charge in [0.1, 0.15) is 23.0 Å². The molecule has 0 aliphatic carbocycles. The summed E-state index contributed by atoms with van der Waals surface area (Å²) in [6.45, 7) is 3.27. The van der Waals surface area contributed by atoms with E-state index in [9.17, 15) is 18.4 Å². The minimum atomic E-state index is -0.744. The molecule has 0 aliphatic heterocycles. The maximum atomic E-state index is 14.1. The molecule has 0 spiro atoms. The number of halogens is 2. The lowest BCUT2D eigenvalue weighted by Gasteiger charge is -2.16. The summed E-state index contributed by atoms with van der Waals surface area (Å²) < 4.78 is 28.8. The molecule has 0 unspecified atom stereocenters. The van der Waals surface area contributed by atoms with E-state index in [1.807, 2.05) is 6.07 Å². The minimum absolute atomic E-state index is 0.0274. The van der Waals surface area contributed by atoms with Crippen LogP contribution in [0.2, 0.25) is 0 Å². The maximum Gasteiger partial charge on any atom is 0.291 e. The van der Waals surface area contributed by atoms with Crippen molar-refractivity contribution in [3.05, 3.63) is 76.1 Å². The molecule has 3 rings (SSSR count). The quantitative estimate of drug-likeness (QED) is 0.686. The predicted molar refractivity (Wildman–Crippen MR) is 99.3 cm³/mol. The molecule has 5 nitrogen and oxygen atoms in total. The van der Waals surface area contributed by atoms with E-state index in [2.05, 4.69) is 10.4 Å². The first-order valence-electron chi connectivity index (χ1n) is 8.36. The number of ketones is 1. The van der Waals surface area contributed by atoms with Crippen LogP contribution in [0, 0.1) is 11.6 Å². The SMILES string of the molecule is CCn1nc(-c2ccccc2)c(C(C)=O)c(Nc2cc(F)ccc2F)c1=O. The van der Waals surface area contributed by atoms with Crippen molar-refractivity contribution in [2.75, 3.05) is 5.32 Å². The summed E-state index contributed by atoms with van der Waals surface area (Å²) in [5.74, 6) is -1.83. The van der Waals surface area contributed by atoms with E-state index in [0.29, 0.717) is 11.3 Å². The molecule has 0 saturated heterocycles. The molecule has 138 valence electrons. The van der Waals surface area contributed by atoms with Crippen LogP contribution in [0.1, 0.15) is 24.2 Å². The number of rotatable bonds is 5. The average molecular weight is 369 g/mol. The second-order valence-corrected chi connectivity index (χ2v) is 5.89. The van der Waals surface area contributed by atoms with Crippen molar-refractivity contribution in [1.82, 2.24) is 9.78 Å². The zero-order chi connectivity index (χ0) is 19.6. The number of Topliss-reactive ketones (excluding diaryl/α,β-unsaturated/α-hetero) is 1. The number of anilines is 2. The molecule has 0 radical (unpaired) electrons. The monoisotopic (exact) mass is 369 g/mol. The van der Waals surface area contributed by atoms with Gasteiger partial charge in [-0.25, -0.2) is 13.5 Å². The van der Waals surface area contributed by atoms with Crippen molar-refractivity contribution in [2.24, 2.45) is 0 Å². The van der Waals surface area contributed by atoms with Crippen molar-refractivity contribution < 1.29 is 13.6 Å². The van der Waals surface area contributed by atoms with E-state index >= 15 is 0 Å². The largest absolute Gasteiger partial charge is 0.348 e. The van der Waals surface area contributed by atoms with Gasteiger partial charge in [0.15, 0.2) is 5.78 Å². The van der Waals surface area contributed by atoms with E-state index in [1.165, 1.54) is 11.6 Å². The van der Waals surface area contributed by atoms with Crippen LogP contribution in [0.15, 0.2) is 53.3 Å². The van der Waals surface area contributed by atoms with Crippen LogP contribution >= 0.6 is 0 Å². The Kier molecular flexibility index (Phi) is 5.12. The molecular weight excluding hydrogens is 352 g/mol. The van der Waals surface area contributed by atoms with Gasteiger partial charge in [0, 0.05) is 18.2 Å². The third-order valence-corrected chi connectivity index (χ3v) is 4.04. The number of benzene rings is 2. The van der Waals surface area contributed by atoms with Crippen LogP contribution in [-0.2, 0) is 6.54 Å². The Morgan fingerprint density at radius 1 is 1.15 bits per heavy atom. The number of aryl methyl sites for hydroxylation is 1. The minimum Gasteiger partial charge on any atom is -0.348 e. The maximum absolute atomic E-state index is 14.1. The van der Waals surface area contributed by atoms with Gasteiger partial charge in [-0.3, -0.25) is 9.59 Å². The fraction of sp³-hybridized carbons (Fsp3) is 0.150. The van der Waals surface area contributed by atoms with Crippen molar-refractivity contribution in [2.45, 2.75) is 20.4 Å². The van der Waals surface area contributed by atoms with Crippen LogP contribution in [0.4, 0.5) is 20.2 Å². The first-order chi connectivity index (χ1) is 12.9. The lowest BCUT2D eigenvalue weighted by atomic mass is 10.0. The van der Waals surface area contributed by atoms with Crippen LogP contribution < -0.4 is 10.9 Å². The molecule has 1 heterocycles. The van der Waals surface area contributed by atoms with Gasteiger partial charge in [-0.1, -0.05) is 30.3 Å². The molecule has 0 aliphatic rings. The zero-order valence-electron chi connectivity index (χ0n) is 14.8. The van der Waals surface area contributed by atoms with Gasteiger partial charge in [0.2, 0.25) is 0 Å². The molecule has 7 heteroatoms. The number of carbonyl (C=O) groups is 1. The molecular formula is C20H17F2N3O2. The van der Waals surface area contributed by atoms with Crippen LogP contribution in [-0.4, -0.2) is 15.6 Å². The van der Waals surface area contributed by atoms with E-state index in [-0.39, 0.29) is 23.5 Å². The number of nitrogens with zero attached hydrogens (tertiary/aromatic N) is 2. The average Bonchev–Trinajstić information content (AvgIpc) is 2.66. The van der Waals surface area contributed by atoms with Crippen molar-refractivity contribution in [3.63, 3.8) is 0 Å². The third-order valence-electron chi connectivity index (χ3n) is 4.04. The van der Waals surface area contributed by atoms with E-state index < -0.39 is 23.0 Å². The summed E-state index contributed by atoms with van der Waals surface area (Å²) in [4.78, 5) is 25.1. The molecule has 0 saturated carbocycles. The van der Waals surface area contributed by atoms with Crippen molar-refractivity contribution >= 4 is 17.2 Å². The van der Waals surface area contributed by atoms with E-state index in [4.69, 9.17) is 0 Å². The summed E-state index contributed by atoms with van der Waals surface area (Å²) in [5, 5.41) is 6.91. The highest BCUT2D eigenvalue weighted by molar-refractivity contribution is 6.05. The normalized spacial score (nSPS) is 10.7. The summed E-state index contributed by atoms with van der Waals surface area (Å²) in [7, 11) is 0. The first kappa shape index (κ1) is 18.4. The van der Waals surface area contributed by atoms with Gasteiger partial charge in [0.05, 0.1) is 11.3 Å². The molecule has 0 amide bonds. The third kappa shape index (κ3) is 3.62. The van der Waals surface area contributed by atoms with Crippen LogP contribution in [0.3, 0.4) is 0 Å². The molecule has 27 heavy (non-hydrogen) atoms. The predicted octanol–water partition coefficient (Wildman–Crippen LogP) is 4.15. The molecule has 3 aromatic rings. The fourth-order valence-corrected chi connectivity index (χ4v) is 2.77. The summed E-state index contributed by atoms with van der Waals surface area (Å²) in [6, 6.07) is 11.7. The number of hydrogen-bond donors (Lipinski definition) is 1. The number of aromatic nitrogens is 2. The topological polar surface area (TPSA) is 64.0 Å².